The van der Waals surface area contributed by atoms with Gasteiger partial charge in [0.1, 0.15) is 5.82 Å². The Balaban J connectivity index is 1.68. The Morgan fingerprint density at radius 3 is 3.29 bits per heavy atom. The number of morpholine rings is 1. The van der Waals surface area contributed by atoms with Crippen LogP contribution in [0.4, 0.5) is 0 Å². The average Bonchev–Trinajstić information content (AvgIpc) is 3.00. The fraction of sp³-hybridized carbons (Fsp3) is 0.417. The minimum atomic E-state index is 0.381. The van der Waals surface area contributed by atoms with E-state index in [9.17, 15) is 0 Å². The van der Waals surface area contributed by atoms with Gasteiger partial charge in [-0.1, -0.05) is 6.07 Å². The predicted octanol–water partition coefficient (Wildman–Crippen LogP) is 1.67. The standard InChI is InChI=1S/C12H15N3OS/c1-2-11(17-5-1)10-7-14-12(15-10)6-9-8-16-4-3-13-9/h1-2,5,7,9,13H,3-4,6,8H2,(H,14,15). The first kappa shape index (κ1) is 11.0. The van der Waals surface area contributed by atoms with Crippen LogP contribution in [0.2, 0.25) is 0 Å². The maximum absolute atomic E-state index is 5.43. The number of thiophene rings is 1. The lowest BCUT2D eigenvalue weighted by atomic mass is 10.2. The molecule has 1 unspecified atom stereocenters. The molecule has 4 nitrogen and oxygen atoms in total. The van der Waals surface area contributed by atoms with Crippen LogP contribution < -0.4 is 5.32 Å². The third-order valence-corrected chi connectivity index (χ3v) is 3.76. The lowest BCUT2D eigenvalue weighted by Gasteiger charge is -2.22. The molecule has 2 aromatic rings. The Labute approximate surface area is 104 Å². The number of ether oxygens (including phenoxy) is 1. The van der Waals surface area contributed by atoms with Gasteiger partial charge in [-0.15, -0.1) is 11.3 Å². The Morgan fingerprint density at radius 2 is 2.53 bits per heavy atom. The first-order valence-corrected chi connectivity index (χ1v) is 6.68. The second kappa shape index (κ2) is 5.00. The van der Waals surface area contributed by atoms with Crippen LogP contribution in [0.15, 0.2) is 23.7 Å². The van der Waals surface area contributed by atoms with E-state index >= 15 is 0 Å². The van der Waals surface area contributed by atoms with Gasteiger partial charge in [0.2, 0.25) is 0 Å². The van der Waals surface area contributed by atoms with Crippen LogP contribution in [0.25, 0.3) is 10.6 Å². The highest BCUT2D eigenvalue weighted by Crippen LogP contribution is 2.22. The number of rotatable bonds is 3. The molecule has 2 aromatic heterocycles. The van der Waals surface area contributed by atoms with E-state index in [1.54, 1.807) is 11.3 Å². The fourth-order valence-electron chi connectivity index (χ4n) is 2.01. The van der Waals surface area contributed by atoms with Crippen molar-refractivity contribution in [3.63, 3.8) is 0 Å². The molecular weight excluding hydrogens is 234 g/mol. The van der Waals surface area contributed by atoms with Crippen molar-refractivity contribution in [2.45, 2.75) is 12.5 Å². The molecule has 0 spiro atoms. The molecule has 1 aliphatic heterocycles. The molecule has 0 aromatic carbocycles. The summed E-state index contributed by atoms with van der Waals surface area (Å²) in [5.74, 6) is 1.02. The molecule has 90 valence electrons. The molecule has 1 fully saturated rings. The number of hydrogen-bond donors (Lipinski definition) is 2. The van der Waals surface area contributed by atoms with Crippen molar-refractivity contribution in [1.29, 1.82) is 0 Å². The van der Waals surface area contributed by atoms with E-state index < -0.39 is 0 Å². The minimum absolute atomic E-state index is 0.381. The van der Waals surface area contributed by atoms with Crippen LogP contribution in [0.5, 0.6) is 0 Å². The molecule has 2 N–H and O–H groups in total. The minimum Gasteiger partial charge on any atom is -0.379 e. The summed E-state index contributed by atoms with van der Waals surface area (Å²) < 4.78 is 5.43. The van der Waals surface area contributed by atoms with Crippen LogP contribution in [-0.2, 0) is 11.2 Å². The van der Waals surface area contributed by atoms with Gasteiger partial charge in [-0.25, -0.2) is 4.98 Å². The molecule has 5 heteroatoms. The van der Waals surface area contributed by atoms with Crippen LogP contribution in [-0.4, -0.2) is 35.8 Å². The van der Waals surface area contributed by atoms with Crippen LogP contribution in [0.1, 0.15) is 5.82 Å². The zero-order chi connectivity index (χ0) is 11.5. The van der Waals surface area contributed by atoms with Gasteiger partial charge in [0.05, 0.1) is 30.0 Å². The monoisotopic (exact) mass is 249 g/mol. The SMILES string of the molecule is c1csc(-c2cnc(CC3COCCN3)[nH]2)c1. The first-order chi connectivity index (χ1) is 8.42. The topological polar surface area (TPSA) is 49.9 Å². The molecule has 0 radical (unpaired) electrons. The summed E-state index contributed by atoms with van der Waals surface area (Å²) in [6.45, 7) is 2.52. The summed E-state index contributed by atoms with van der Waals surface area (Å²) in [6.07, 6.45) is 2.80. The van der Waals surface area contributed by atoms with Crippen molar-refractivity contribution in [2.75, 3.05) is 19.8 Å². The molecule has 0 saturated carbocycles. The lowest BCUT2D eigenvalue weighted by molar-refractivity contribution is 0.0764. The quantitative estimate of drug-likeness (QED) is 0.870. The van der Waals surface area contributed by atoms with E-state index in [2.05, 4.69) is 32.8 Å². The molecule has 1 atom stereocenters. The highest BCUT2D eigenvalue weighted by Gasteiger charge is 2.15. The van der Waals surface area contributed by atoms with Crippen molar-refractivity contribution in [1.82, 2.24) is 15.3 Å². The van der Waals surface area contributed by atoms with Crippen molar-refractivity contribution in [3.8, 4) is 10.6 Å². The zero-order valence-electron chi connectivity index (χ0n) is 9.48. The van der Waals surface area contributed by atoms with Gasteiger partial charge in [-0.2, -0.15) is 0 Å². The van der Waals surface area contributed by atoms with Gasteiger partial charge in [0.15, 0.2) is 0 Å². The van der Waals surface area contributed by atoms with Gasteiger partial charge in [-0.05, 0) is 11.4 Å². The Bertz CT molecular complexity index is 460. The summed E-state index contributed by atoms with van der Waals surface area (Å²) in [6, 6.07) is 4.53. The molecule has 0 bridgehead atoms. The molecule has 3 heterocycles. The summed E-state index contributed by atoms with van der Waals surface area (Å²) in [5, 5.41) is 5.50. The smallest absolute Gasteiger partial charge is 0.108 e. The molecule has 0 aliphatic carbocycles. The fourth-order valence-corrected chi connectivity index (χ4v) is 2.70. The van der Waals surface area contributed by atoms with Gasteiger partial charge in [0.25, 0.3) is 0 Å². The highest BCUT2D eigenvalue weighted by molar-refractivity contribution is 7.13. The number of imidazole rings is 1. The van der Waals surface area contributed by atoms with E-state index in [0.29, 0.717) is 6.04 Å². The maximum Gasteiger partial charge on any atom is 0.108 e. The number of H-pyrrole nitrogens is 1. The number of hydrogen-bond acceptors (Lipinski definition) is 4. The maximum atomic E-state index is 5.43. The first-order valence-electron chi connectivity index (χ1n) is 5.81. The van der Waals surface area contributed by atoms with Gasteiger partial charge in [-0.3, -0.25) is 0 Å². The van der Waals surface area contributed by atoms with E-state index in [1.807, 2.05) is 6.20 Å². The van der Waals surface area contributed by atoms with Crippen molar-refractivity contribution in [3.05, 3.63) is 29.5 Å². The Kier molecular flexibility index (Phi) is 3.22. The number of aromatic amines is 1. The van der Waals surface area contributed by atoms with Crippen LogP contribution in [0.3, 0.4) is 0 Å². The average molecular weight is 249 g/mol. The van der Waals surface area contributed by atoms with Gasteiger partial charge >= 0.3 is 0 Å². The lowest BCUT2D eigenvalue weighted by Crippen LogP contribution is -2.42. The number of aromatic nitrogens is 2. The predicted molar refractivity (Wildman–Crippen MR) is 68.2 cm³/mol. The summed E-state index contributed by atoms with van der Waals surface area (Å²) in [5.41, 5.74) is 1.10. The molecule has 1 aliphatic rings. The second-order valence-corrected chi connectivity index (χ2v) is 5.10. The molecule has 17 heavy (non-hydrogen) atoms. The summed E-state index contributed by atoms with van der Waals surface area (Å²) in [7, 11) is 0. The number of nitrogens with one attached hydrogen (secondary N) is 2. The normalized spacial score (nSPS) is 20.6. The van der Waals surface area contributed by atoms with Crippen molar-refractivity contribution in [2.24, 2.45) is 0 Å². The van der Waals surface area contributed by atoms with Crippen molar-refractivity contribution >= 4 is 11.3 Å². The summed E-state index contributed by atoms with van der Waals surface area (Å²) >= 11 is 1.72. The summed E-state index contributed by atoms with van der Waals surface area (Å²) in [4.78, 5) is 9.02. The van der Waals surface area contributed by atoms with E-state index in [0.717, 1.165) is 37.7 Å². The number of nitrogens with zero attached hydrogens (tertiary/aromatic N) is 1. The van der Waals surface area contributed by atoms with Crippen LogP contribution >= 0.6 is 11.3 Å². The third-order valence-electron chi connectivity index (χ3n) is 2.85. The van der Waals surface area contributed by atoms with Gasteiger partial charge < -0.3 is 15.0 Å². The third kappa shape index (κ3) is 2.57. The molecule has 1 saturated heterocycles. The molecule has 0 amide bonds. The Morgan fingerprint density at radius 1 is 1.53 bits per heavy atom. The second-order valence-electron chi connectivity index (χ2n) is 4.15. The van der Waals surface area contributed by atoms with E-state index in [4.69, 9.17) is 4.74 Å². The van der Waals surface area contributed by atoms with Crippen LogP contribution in [0, 0.1) is 0 Å². The molecular formula is C12H15N3OS. The Hall–Kier alpha value is -1.17. The highest BCUT2D eigenvalue weighted by atomic mass is 32.1. The van der Waals surface area contributed by atoms with Gasteiger partial charge in [0, 0.05) is 19.0 Å². The molecule has 3 rings (SSSR count). The van der Waals surface area contributed by atoms with E-state index in [1.165, 1.54) is 4.88 Å². The van der Waals surface area contributed by atoms with Crippen molar-refractivity contribution < 1.29 is 4.74 Å². The largest absolute Gasteiger partial charge is 0.379 e. The zero-order valence-corrected chi connectivity index (χ0v) is 10.3. The van der Waals surface area contributed by atoms with E-state index in [-0.39, 0.29) is 0 Å².